The molecule has 3 aromatic heterocycles. The maximum Gasteiger partial charge on any atom is 0.323 e. The Kier molecular flexibility index (Phi) is 6.24. The van der Waals surface area contributed by atoms with Crippen molar-refractivity contribution < 1.29 is 13.9 Å². The van der Waals surface area contributed by atoms with Crippen LogP contribution in [-0.2, 0) is 4.74 Å². The number of hydrogen-bond acceptors (Lipinski definition) is 6. The van der Waals surface area contributed by atoms with E-state index >= 15 is 0 Å². The van der Waals surface area contributed by atoms with Crippen molar-refractivity contribution in [2.45, 2.75) is 20.0 Å². The molecule has 32 heavy (non-hydrogen) atoms. The number of fused-ring (bicyclic) bond motifs is 1. The minimum Gasteiger partial charge on any atom is -0.374 e. The molecule has 1 atom stereocenters. The Bertz CT molecular complexity index is 1270. The third-order valence-electron chi connectivity index (χ3n) is 4.63. The van der Waals surface area contributed by atoms with Gasteiger partial charge in [0.1, 0.15) is 5.82 Å². The number of carbonyl (C=O) groups excluding carboxylic acids is 1. The number of benzene rings is 1. The smallest absolute Gasteiger partial charge is 0.323 e. The van der Waals surface area contributed by atoms with Gasteiger partial charge in [0.25, 0.3) is 0 Å². The lowest BCUT2D eigenvalue weighted by atomic mass is 10.0. The number of rotatable bonds is 6. The van der Waals surface area contributed by atoms with Gasteiger partial charge >= 0.3 is 6.03 Å². The third kappa shape index (κ3) is 4.51. The number of aromatic nitrogens is 5. The average Bonchev–Trinajstić information content (AvgIpc) is 3.28. The second-order valence-corrected chi connectivity index (χ2v) is 7.18. The largest absolute Gasteiger partial charge is 0.374 e. The fourth-order valence-corrected chi connectivity index (χ4v) is 3.55. The van der Waals surface area contributed by atoms with Gasteiger partial charge in [0.2, 0.25) is 0 Å². The van der Waals surface area contributed by atoms with Crippen molar-refractivity contribution in [3.63, 3.8) is 0 Å². The van der Waals surface area contributed by atoms with Gasteiger partial charge in [-0.05, 0) is 38.1 Å². The van der Waals surface area contributed by atoms with Gasteiger partial charge in [-0.25, -0.2) is 14.2 Å². The highest BCUT2D eigenvalue weighted by Crippen LogP contribution is 2.32. The Hall–Kier alpha value is -3.63. The monoisotopic (exact) mass is 455 g/mol. The number of hydrogen-bond donors (Lipinski definition) is 2. The van der Waals surface area contributed by atoms with Crippen LogP contribution >= 0.6 is 11.6 Å². The summed E-state index contributed by atoms with van der Waals surface area (Å²) in [5.41, 5.74) is 1.99. The Morgan fingerprint density at radius 2 is 1.97 bits per heavy atom. The van der Waals surface area contributed by atoms with E-state index in [1.807, 2.05) is 13.8 Å². The number of ether oxygens (including phenoxy) is 1. The van der Waals surface area contributed by atoms with E-state index in [9.17, 15) is 9.18 Å². The Morgan fingerprint density at radius 1 is 1.19 bits per heavy atom. The van der Waals surface area contributed by atoms with Crippen molar-refractivity contribution in [1.29, 1.82) is 0 Å². The summed E-state index contributed by atoms with van der Waals surface area (Å²) in [5.74, 6) is -0.0745. The zero-order valence-electron chi connectivity index (χ0n) is 17.2. The molecule has 2 N–H and O–H groups in total. The van der Waals surface area contributed by atoms with Crippen molar-refractivity contribution in [3.05, 3.63) is 65.5 Å². The van der Waals surface area contributed by atoms with Gasteiger partial charge in [0.15, 0.2) is 5.82 Å². The summed E-state index contributed by atoms with van der Waals surface area (Å²) >= 11 is 6.25. The minimum absolute atomic E-state index is 0.257. The number of nitrogens with one attached hydrogen (secondary N) is 2. The molecule has 11 heteroatoms. The highest BCUT2D eigenvalue weighted by atomic mass is 35.5. The van der Waals surface area contributed by atoms with E-state index in [1.54, 1.807) is 6.07 Å². The molecule has 0 spiro atoms. The van der Waals surface area contributed by atoms with Crippen molar-refractivity contribution in [2.75, 3.05) is 17.2 Å². The summed E-state index contributed by atoms with van der Waals surface area (Å²) in [5, 5.41) is 14.2. The fourth-order valence-electron chi connectivity index (χ4n) is 3.31. The summed E-state index contributed by atoms with van der Waals surface area (Å²) in [7, 11) is 0. The van der Waals surface area contributed by atoms with Crippen LogP contribution in [0.3, 0.4) is 0 Å². The predicted molar refractivity (Wildman–Crippen MR) is 119 cm³/mol. The predicted octanol–water partition coefficient (Wildman–Crippen LogP) is 4.74. The fraction of sp³-hybridized carbons (Fsp3) is 0.190. The molecule has 1 aromatic carbocycles. The van der Waals surface area contributed by atoms with Crippen LogP contribution in [0, 0.1) is 5.82 Å². The minimum atomic E-state index is -0.546. The average molecular weight is 456 g/mol. The third-order valence-corrected chi connectivity index (χ3v) is 4.91. The van der Waals surface area contributed by atoms with E-state index < -0.39 is 18.0 Å². The molecule has 0 aliphatic carbocycles. The van der Waals surface area contributed by atoms with Crippen LogP contribution in [0.5, 0.6) is 0 Å². The van der Waals surface area contributed by atoms with Gasteiger partial charge in [-0.15, -0.1) is 4.80 Å². The molecule has 0 bridgehead atoms. The van der Waals surface area contributed by atoms with E-state index in [1.165, 1.54) is 47.8 Å². The molecule has 0 aliphatic heterocycles. The molecule has 4 rings (SSSR count). The molecule has 4 aromatic rings. The van der Waals surface area contributed by atoms with Gasteiger partial charge < -0.3 is 15.4 Å². The molecule has 0 aliphatic rings. The van der Waals surface area contributed by atoms with Gasteiger partial charge in [0, 0.05) is 17.6 Å². The quantitative estimate of drug-likeness (QED) is 0.434. The highest BCUT2D eigenvalue weighted by Gasteiger charge is 2.18. The Morgan fingerprint density at radius 3 is 2.69 bits per heavy atom. The highest BCUT2D eigenvalue weighted by molar-refractivity contribution is 6.32. The van der Waals surface area contributed by atoms with E-state index in [4.69, 9.17) is 16.3 Å². The van der Waals surface area contributed by atoms with Crippen molar-refractivity contribution >= 4 is 39.9 Å². The van der Waals surface area contributed by atoms with E-state index in [0.717, 1.165) is 0 Å². The molecule has 3 heterocycles. The molecule has 1 unspecified atom stereocenters. The molecule has 0 fully saturated rings. The Balaban J connectivity index is 1.59. The van der Waals surface area contributed by atoms with Crippen LogP contribution in [0.2, 0.25) is 5.02 Å². The van der Waals surface area contributed by atoms with Crippen molar-refractivity contribution in [1.82, 2.24) is 25.0 Å². The number of anilines is 2. The molecular weight excluding hydrogens is 437 g/mol. The van der Waals surface area contributed by atoms with Crippen molar-refractivity contribution in [2.24, 2.45) is 0 Å². The van der Waals surface area contributed by atoms with Crippen LogP contribution < -0.4 is 10.6 Å². The van der Waals surface area contributed by atoms with Crippen LogP contribution in [0.25, 0.3) is 16.7 Å². The summed E-state index contributed by atoms with van der Waals surface area (Å²) in [4.78, 5) is 22.5. The molecule has 2 amide bonds. The molecular formula is C21H19ClFN7O2. The normalized spacial score (nSPS) is 12.0. The first kappa shape index (κ1) is 21.6. The summed E-state index contributed by atoms with van der Waals surface area (Å²) in [6.07, 6.45) is 5.55. The molecule has 0 radical (unpaired) electrons. The summed E-state index contributed by atoms with van der Waals surface area (Å²) in [6, 6.07) is 5.28. The second kappa shape index (κ2) is 9.25. The van der Waals surface area contributed by atoms with Gasteiger partial charge in [-0.1, -0.05) is 11.6 Å². The topological polar surface area (TPSA) is 107 Å². The molecule has 9 nitrogen and oxygen atoms in total. The molecule has 164 valence electrons. The first-order valence-corrected chi connectivity index (χ1v) is 10.1. The van der Waals surface area contributed by atoms with Crippen LogP contribution in [0.4, 0.5) is 20.6 Å². The number of carbonyl (C=O) groups is 1. The Labute approximate surface area is 187 Å². The lowest BCUT2D eigenvalue weighted by Gasteiger charge is -2.19. The zero-order chi connectivity index (χ0) is 22.7. The molecule has 0 saturated carbocycles. The molecule has 0 saturated heterocycles. The SMILES string of the molecule is CCOC(C)c1c(NC(=O)Nc2cnc(-n3nccn3)c(Cl)c2)cnc2ccc(F)cc12. The van der Waals surface area contributed by atoms with Crippen LogP contribution in [-0.4, -0.2) is 37.6 Å². The second-order valence-electron chi connectivity index (χ2n) is 6.77. The van der Waals surface area contributed by atoms with E-state index in [2.05, 4.69) is 30.8 Å². The van der Waals surface area contributed by atoms with Gasteiger partial charge in [-0.2, -0.15) is 10.2 Å². The lowest BCUT2D eigenvalue weighted by Crippen LogP contribution is -2.21. The van der Waals surface area contributed by atoms with Gasteiger partial charge in [0.05, 0.1) is 52.8 Å². The first-order valence-electron chi connectivity index (χ1n) is 9.76. The number of halogens is 2. The van der Waals surface area contributed by atoms with Gasteiger partial charge in [-0.3, -0.25) is 4.98 Å². The standard InChI is InChI=1S/C21H19ClFN7O2/c1-3-32-12(2)19-15-8-13(23)4-5-17(15)24-11-18(19)29-21(31)28-14-9-16(22)20(25-10-14)30-26-6-7-27-30/h4-12H,3H2,1-2H3,(H2,28,29,31). The van der Waals surface area contributed by atoms with E-state index in [0.29, 0.717) is 40.3 Å². The first-order chi connectivity index (χ1) is 15.5. The van der Waals surface area contributed by atoms with Crippen molar-refractivity contribution in [3.8, 4) is 5.82 Å². The number of urea groups is 1. The maximum absolute atomic E-state index is 13.9. The maximum atomic E-state index is 13.9. The summed E-state index contributed by atoms with van der Waals surface area (Å²) in [6.45, 7) is 4.14. The lowest BCUT2D eigenvalue weighted by molar-refractivity contribution is 0.0778. The number of pyridine rings is 2. The van der Waals surface area contributed by atoms with E-state index in [-0.39, 0.29) is 5.02 Å². The number of nitrogens with zero attached hydrogens (tertiary/aromatic N) is 5. The number of amides is 2. The zero-order valence-corrected chi connectivity index (χ0v) is 18.0. The summed E-state index contributed by atoms with van der Waals surface area (Å²) < 4.78 is 19.6. The van der Waals surface area contributed by atoms with Crippen LogP contribution in [0.1, 0.15) is 25.5 Å². The van der Waals surface area contributed by atoms with Crippen LogP contribution in [0.15, 0.2) is 49.1 Å².